The number of hydrogen-bond donors (Lipinski definition) is 1. The molecule has 27 heavy (non-hydrogen) atoms. The molecule has 7 heteroatoms. The van der Waals surface area contributed by atoms with Gasteiger partial charge < -0.3 is 14.4 Å². The van der Waals surface area contributed by atoms with Crippen LogP contribution < -0.4 is 0 Å². The summed E-state index contributed by atoms with van der Waals surface area (Å²) < 4.78 is 5.45. The molecule has 0 saturated carbocycles. The van der Waals surface area contributed by atoms with Gasteiger partial charge in [-0.2, -0.15) is 4.98 Å². The molecule has 1 saturated heterocycles. The molecule has 4 rings (SSSR count). The van der Waals surface area contributed by atoms with Crippen molar-refractivity contribution in [3.05, 3.63) is 41.3 Å². The lowest BCUT2D eigenvalue weighted by Gasteiger charge is -2.31. The monoisotopic (exact) mass is 367 g/mol. The number of H-pyrrole nitrogens is 1. The van der Waals surface area contributed by atoms with Gasteiger partial charge in [0.05, 0.1) is 23.4 Å². The lowest BCUT2D eigenvalue weighted by atomic mass is 9.97. The van der Waals surface area contributed by atoms with E-state index >= 15 is 0 Å². The second-order valence-corrected chi connectivity index (χ2v) is 7.67. The van der Waals surface area contributed by atoms with Gasteiger partial charge in [-0.05, 0) is 37.5 Å². The third-order valence-electron chi connectivity index (χ3n) is 5.12. The summed E-state index contributed by atoms with van der Waals surface area (Å²) in [5, 5.41) is 4.06. The molecule has 1 N–H and O–H groups in total. The zero-order chi connectivity index (χ0) is 19.0. The van der Waals surface area contributed by atoms with Crippen LogP contribution in [-0.4, -0.2) is 44.0 Å². The van der Waals surface area contributed by atoms with Gasteiger partial charge >= 0.3 is 0 Å². The summed E-state index contributed by atoms with van der Waals surface area (Å²) in [7, 11) is 0. The van der Waals surface area contributed by atoms with Crippen LogP contribution in [0.1, 0.15) is 61.6 Å². The Morgan fingerprint density at radius 1 is 1.37 bits per heavy atom. The Kier molecular flexibility index (Phi) is 4.68. The molecule has 0 aliphatic carbocycles. The zero-order valence-electron chi connectivity index (χ0n) is 16.0. The SMILES string of the molecule is Cc1nc2ccc(CC(=O)N3CCC[C@@H](c4nc(C(C)C)no4)C3)cc2[nH]1. The molecule has 1 aliphatic rings. The van der Waals surface area contributed by atoms with E-state index in [1.54, 1.807) is 0 Å². The number of amides is 1. The molecule has 0 radical (unpaired) electrons. The average Bonchev–Trinajstić information content (AvgIpc) is 3.27. The Morgan fingerprint density at radius 2 is 2.22 bits per heavy atom. The predicted molar refractivity (Wildman–Crippen MR) is 101 cm³/mol. The Hall–Kier alpha value is -2.70. The summed E-state index contributed by atoms with van der Waals surface area (Å²) in [6, 6.07) is 5.96. The number of fused-ring (bicyclic) bond motifs is 1. The van der Waals surface area contributed by atoms with E-state index in [9.17, 15) is 4.79 Å². The standard InChI is InChI=1S/C20H25N5O2/c1-12(2)19-23-20(27-24-19)15-5-4-8-25(11-15)18(26)10-14-6-7-16-17(9-14)22-13(3)21-16/h6-7,9,12,15H,4-5,8,10-11H2,1-3H3,(H,21,22)/t15-/m1/s1. The van der Waals surface area contributed by atoms with Crippen LogP contribution in [0.15, 0.2) is 22.7 Å². The first-order chi connectivity index (χ1) is 13.0. The van der Waals surface area contributed by atoms with Crippen molar-refractivity contribution in [2.24, 2.45) is 0 Å². The number of nitrogens with zero attached hydrogens (tertiary/aromatic N) is 4. The highest BCUT2D eigenvalue weighted by Crippen LogP contribution is 2.27. The highest BCUT2D eigenvalue weighted by atomic mass is 16.5. The van der Waals surface area contributed by atoms with Gasteiger partial charge in [-0.3, -0.25) is 4.79 Å². The van der Waals surface area contributed by atoms with Gasteiger partial charge in [0, 0.05) is 19.0 Å². The van der Waals surface area contributed by atoms with Crippen LogP contribution in [0.5, 0.6) is 0 Å². The van der Waals surface area contributed by atoms with Gasteiger partial charge in [-0.25, -0.2) is 4.98 Å². The number of rotatable bonds is 4. The summed E-state index contributed by atoms with van der Waals surface area (Å²) in [5.41, 5.74) is 2.90. The number of aromatic nitrogens is 4. The Morgan fingerprint density at radius 3 is 3.00 bits per heavy atom. The molecule has 1 aromatic carbocycles. The first-order valence-corrected chi connectivity index (χ1v) is 9.56. The van der Waals surface area contributed by atoms with Crippen LogP contribution in [0.25, 0.3) is 11.0 Å². The van der Waals surface area contributed by atoms with Gasteiger partial charge in [0.2, 0.25) is 11.8 Å². The second kappa shape index (κ2) is 7.13. The van der Waals surface area contributed by atoms with Crippen molar-refractivity contribution in [1.82, 2.24) is 25.0 Å². The number of nitrogens with one attached hydrogen (secondary N) is 1. The van der Waals surface area contributed by atoms with Crippen LogP contribution in [-0.2, 0) is 11.2 Å². The number of carbonyl (C=O) groups excluding carboxylic acids is 1. The quantitative estimate of drug-likeness (QED) is 0.764. The lowest BCUT2D eigenvalue weighted by Crippen LogP contribution is -2.40. The summed E-state index contributed by atoms with van der Waals surface area (Å²) in [6.45, 7) is 7.45. The van der Waals surface area contributed by atoms with Crippen molar-refractivity contribution in [1.29, 1.82) is 0 Å². The third kappa shape index (κ3) is 3.72. The predicted octanol–water partition coefficient (Wildman–Crippen LogP) is 3.33. The maximum Gasteiger partial charge on any atom is 0.231 e. The van der Waals surface area contributed by atoms with E-state index in [0.717, 1.165) is 47.6 Å². The molecule has 0 unspecified atom stereocenters. The van der Waals surface area contributed by atoms with Crippen molar-refractivity contribution in [3.8, 4) is 0 Å². The molecule has 3 heterocycles. The summed E-state index contributed by atoms with van der Waals surface area (Å²) in [5.74, 6) is 2.78. The minimum Gasteiger partial charge on any atom is -0.342 e. The van der Waals surface area contributed by atoms with Crippen LogP contribution in [0.3, 0.4) is 0 Å². The summed E-state index contributed by atoms with van der Waals surface area (Å²) in [4.78, 5) is 26.9. The van der Waals surface area contributed by atoms with E-state index in [4.69, 9.17) is 4.52 Å². The average molecular weight is 367 g/mol. The molecule has 1 amide bonds. The largest absolute Gasteiger partial charge is 0.342 e. The number of hydrogen-bond acceptors (Lipinski definition) is 5. The van der Waals surface area contributed by atoms with E-state index in [-0.39, 0.29) is 17.7 Å². The molecule has 142 valence electrons. The van der Waals surface area contributed by atoms with Crippen molar-refractivity contribution in [3.63, 3.8) is 0 Å². The minimum atomic E-state index is 0.125. The molecule has 1 atom stereocenters. The molecule has 1 fully saturated rings. The van der Waals surface area contributed by atoms with E-state index < -0.39 is 0 Å². The van der Waals surface area contributed by atoms with Gasteiger partial charge in [0.25, 0.3) is 0 Å². The van der Waals surface area contributed by atoms with Crippen molar-refractivity contribution >= 4 is 16.9 Å². The Bertz CT molecular complexity index is 958. The minimum absolute atomic E-state index is 0.125. The molecule has 1 aliphatic heterocycles. The van der Waals surface area contributed by atoms with Crippen molar-refractivity contribution < 1.29 is 9.32 Å². The lowest BCUT2D eigenvalue weighted by molar-refractivity contribution is -0.131. The smallest absolute Gasteiger partial charge is 0.231 e. The van der Waals surface area contributed by atoms with Crippen LogP contribution in [0.2, 0.25) is 0 Å². The van der Waals surface area contributed by atoms with Gasteiger partial charge in [0.1, 0.15) is 5.82 Å². The molecule has 7 nitrogen and oxygen atoms in total. The zero-order valence-corrected chi connectivity index (χ0v) is 16.0. The maximum absolute atomic E-state index is 12.8. The number of aromatic amines is 1. The number of aryl methyl sites for hydroxylation is 1. The molecule has 0 spiro atoms. The van der Waals surface area contributed by atoms with Crippen molar-refractivity contribution in [2.75, 3.05) is 13.1 Å². The Balaban J connectivity index is 1.44. The van der Waals surface area contributed by atoms with Crippen LogP contribution >= 0.6 is 0 Å². The van der Waals surface area contributed by atoms with E-state index in [2.05, 4.69) is 20.1 Å². The van der Waals surface area contributed by atoms with E-state index in [0.29, 0.717) is 18.9 Å². The molecule has 2 aromatic heterocycles. The summed E-state index contributed by atoms with van der Waals surface area (Å²) >= 11 is 0. The highest BCUT2D eigenvalue weighted by molar-refractivity contribution is 5.82. The van der Waals surface area contributed by atoms with Crippen LogP contribution in [0, 0.1) is 6.92 Å². The van der Waals surface area contributed by atoms with E-state index in [1.807, 2.05) is 43.9 Å². The first kappa shape index (κ1) is 17.7. The number of imidazole rings is 1. The first-order valence-electron chi connectivity index (χ1n) is 9.56. The number of benzene rings is 1. The molecule has 0 bridgehead atoms. The molecular weight excluding hydrogens is 342 g/mol. The fraction of sp³-hybridized carbons (Fsp3) is 0.500. The fourth-order valence-electron chi connectivity index (χ4n) is 3.63. The van der Waals surface area contributed by atoms with Gasteiger partial charge in [0.15, 0.2) is 5.82 Å². The maximum atomic E-state index is 12.8. The summed E-state index contributed by atoms with van der Waals surface area (Å²) in [6.07, 6.45) is 2.32. The molecule has 3 aromatic rings. The van der Waals surface area contributed by atoms with E-state index in [1.165, 1.54) is 0 Å². The fourth-order valence-corrected chi connectivity index (χ4v) is 3.63. The number of carbonyl (C=O) groups is 1. The van der Waals surface area contributed by atoms with Crippen molar-refractivity contribution in [2.45, 2.75) is 51.9 Å². The normalized spacial score (nSPS) is 17.8. The van der Waals surface area contributed by atoms with Gasteiger partial charge in [-0.15, -0.1) is 0 Å². The third-order valence-corrected chi connectivity index (χ3v) is 5.12. The topological polar surface area (TPSA) is 87.9 Å². The van der Waals surface area contributed by atoms with Crippen LogP contribution in [0.4, 0.5) is 0 Å². The second-order valence-electron chi connectivity index (χ2n) is 7.67. The Labute approximate surface area is 158 Å². The highest BCUT2D eigenvalue weighted by Gasteiger charge is 2.28. The number of piperidine rings is 1. The molecular formula is C20H25N5O2. The number of likely N-dealkylation sites (tertiary alicyclic amines) is 1. The van der Waals surface area contributed by atoms with Gasteiger partial charge in [-0.1, -0.05) is 25.1 Å².